The molecule has 3 aromatic carbocycles. The van der Waals surface area contributed by atoms with E-state index < -0.39 is 108 Å². The van der Waals surface area contributed by atoms with Crippen LogP contribution in [0.25, 0.3) is 11.1 Å². The fourth-order valence-electron chi connectivity index (χ4n) is 4.91. The maximum absolute atomic E-state index is 15.2. The Hall–Kier alpha value is -3.96. The van der Waals surface area contributed by atoms with Gasteiger partial charge in [0.25, 0.3) is 5.56 Å². The first-order valence-corrected chi connectivity index (χ1v) is 15.6. The highest BCUT2D eigenvalue weighted by Crippen LogP contribution is 2.32. The van der Waals surface area contributed by atoms with Crippen molar-refractivity contribution in [2.24, 2.45) is 0 Å². The number of halogens is 4. The lowest BCUT2D eigenvalue weighted by atomic mass is 9.99. The SMILES string of the molecule is [2H]c1c([2H])c(CSc2nc(=O)c3c(n2C([2H])([2H])C(=O)N(C([2H])(C)c2ccc(-c4ccc(C(F)(F)F)cc4)cc2)C([2H])([2H])C([2H])([2H])N(C([2H])([2H])C)C([2H])([2H])C)CCC3)c([2H])c([2H])c1F. The van der Waals surface area contributed by atoms with Gasteiger partial charge >= 0.3 is 6.18 Å². The Bertz CT molecular complexity index is 2430. The molecule has 0 bridgehead atoms. The normalized spacial score (nSPS) is 20.2. The van der Waals surface area contributed by atoms with Crippen molar-refractivity contribution in [2.75, 3.05) is 26.0 Å². The summed E-state index contributed by atoms with van der Waals surface area (Å²) in [4.78, 5) is 32.1. The average Bonchev–Trinajstić information content (AvgIpc) is 3.65. The molecular weight excluding hydrogens is 640 g/mol. The summed E-state index contributed by atoms with van der Waals surface area (Å²) in [5.41, 5.74) is -2.15. The van der Waals surface area contributed by atoms with Crippen LogP contribution in [-0.4, -0.2) is 51.2 Å². The van der Waals surface area contributed by atoms with Crippen LogP contribution >= 0.6 is 11.8 Å². The van der Waals surface area contributed by atoms with Gasteiger partial charge < -0.3 is 14.4 Å². The predicted molar refractivity (Wildman–Crippen MR) is 181 cm³/mol. The summed E-state index contributed by atoms with van der Waals surface area (Å²) in [6.07, 6.45) is -4.41. The van der Waals surface area contributed by atoms with Gasteiger partial charge in [-0.1, -0.05) is 74.1 Å². The molecule has 1 unspecified atom stereocenters. The number of carbonyl (C=O) groups is 1. The van der Waals surface area contributed by atoms with E-state index in [-0.39, 0.29) is 57.0 Å². The Morgan fingerprint density at radius 3 is 2.25 bits per heavy atom. The molecule has 6 nitrogen and oxygen atoms in total. The second-order valence-corrected chi connectivity index (χ2v) is 11.3. The third-order valence-electron chi connectivity index (χ3n) is 7.41. The molecular formula is C37H40F4N4O2S. The molecule has 1 heterocycles. The first-order valence-electron chi connectivity index (χ1n) is 22.1. The van der Waals surface area contributed by atoms with Gasteiger partial charge in [-0.15, -0.1) is 0 Å². The summed E-state index contributed by atoms with van der Waals surface area (Å²) < 4.78 is 185. The van der Waals surface area contributed by atoms with Crippen LogP contribution in [0, 0.1) is 5.82 Å². The van der Waals surface area contributed by atoms with E-state index in [1.807, 2.05) is 0 Å². The van der Waals surface area contributed by atoms with E-state index in [4.69, 9.17) is 13.7 Å². The minimum absolute atomic E-state index is 0.0488. The number of carbonyl (C=O) groups excluding carboxylic acids is 1. The number of amides is 1. The monoisotopic (exact) mass is 695 g/mol. The molecule has 0 N–H and O–H groups in total. The summed E-state index contributed by atoms with van der Waals surface area (Å²) in [5, 5.41) is -0.618. The number of rotatable bonds is 13. The molecule has 0 saturated carbocycles. The van der Waals surface area contributed by atoms with E-state index in [1.165, 1.54) is 12.1 Å². The van der Waals surface area contributed by atoms with E-state index in [2.05, 4.69) is 4.98 Å². The summed E-state index contributed by atoms with van der Waals surface area (Å²) in [5.74, 6) is -4.06. The van der Waals surface area contributed by atoms with Crippen LogP contribution in [-0.2, 0) is 36.1 Å². The van der Waals surface area contributed by atoms with E-state index in [9.17, 15) is 29.2 Å². The lowest BCUT2D eigenvalue weighted by Crippen LogP contribution is -2.42. The Morgan fingerprint density at radius 2 is 1.65 bits per heavy atom. The molecule has 254 valence electrons. The maximum Gasteiger partial charge on any atom is 0.416 e. The van der Waals surface area contributed by atoms with E-state index in [1.54, 1.807) is 0 Å². The zero-order valence-electron chi connectivity index (χ0n) is 41.0. The van der Waals surface area contributed by atoms with Gasteiger partial charge in [-0.25, -0.2) is 4.39 Å². The molecule has 5 rings (SSSR count). The van der Waals surface area contributed by atoms with E-state index >= 15 is 4.79 Å². The molecule has 0 aliphatic heterocycles. The van der Waals surface area contributed by atoms with Crippen LogP contribution in [0.1, 0.15) is 81.7 Å². The summed E-state index contributed by atoms with van der Waals surface area (Å²) >= 11 is 0.446. The minimum atomic E-state index is -4.63. The lowest BCUT2D eigenvalue weighted by molar-refractivity contribution is -0.137. The Balaban J connectivity index is 1.73. The van der Waals surface area contributed by atoms with Crippen molar-refractivity contribution in [1.29, 1.82) is 0 Å². The van der Waals surface area contributed by atoms with Crippen LogP contribution in [0.5, 0.6) is 0 Å². The summed E-state index contributed by atoms with van der Waals surface area (Å²) in [7, 11) is 0. The first kappa shape index (κ1) is 20.5. The van der Waals surface area contributed by atoms with Gasteiger partial charge in [0.2, 0.25) is 5.91 Å². The van der Waals surface area contributed by atoms with Crippen molar-refractivity contribution in [1.82, 2.24) is 19.4 Å². The standard InChI is InChI=1S/C37H40F4N4O2S/c1-4-43(5-2)21-22-44(25(3)27-11-13-28(14-12-27)29-15-17-30(18-16-29)37(39,40)41)34(46)23-45-33-8-6-7-32(33)35(47)42-36(45)48-24-26-9-19-31(38)20-10-26/h9-20,25H,4-8,21-24H2,1-3H3/i4D2,5D2,9D,10D,19D,20D,21D2,22D2,23D2,25D. The van der Waals surface area contributed by atoms with Crippen molar-refractivity contribution >= 4 is 17.7 Å². The summed E-state index contributed by atoms with van der Waals surface area (Å²) in [6.45, 7) is -15.4. The van der Waals surface area contributed by atoms with Crippen LogP contribution < -0.4 is 5.56 Å². The van der Waals surface area contributed by atoms with Gasteiger partial charge in [0.05, 0.1) is 23.9 Å². The molecule has 1 aromatic heterocycles. The number of nitrogens with zero attached hydrogens (tertiary/aromatic N) is 4. The third kappa shape index (κ3) is 8.36. The average molecular weight is 696 g/mol. The van der Waals surface area contributed by atoms with Crippen LogP contribution in [0.2, 0.25) is 0 Å². The Morgan fingerprint density at radius 1 is 1.02 bits per heavy atom. The Labute approximate surface area is 303 Å². The maximum atomic E-state index is 15.2. The largest absolute Gasteiger partial charge is 0.416 e. The number of thioether (sulfide) groups is 1. The number of likely N-dealkylation sites (N-methyl/N-ethyl adjacent to an activating group) is 1. The highest BCUT2D eigenvalue weighted by Gasteiger charge is 2.30. The molecule has 11 heteroatoms. The van der Waals surface area contributed by atoms with Gasteiger partial charge in [0.1, 0.15) is 12.3 Å². The fraction of sp³-hybridized carbons (Fsp3) is 0.378. The van der Waals surface area contributed by atoms with Crippen molar-refractivity contribution in [3.8, 4) is 11.1 Å². The predicted octanol–water partition coefficient (Wildman–Crippen LogP) is 7.78. The Kier molecular flexibility index (Phi) is 6.63. The minimum Gasteiger partial charge on any atom is -0.333 e. The van der Waals surface area contributed by atoms with Crippen molar-refractivity contribution in [2.45, 2.75) is 69.6 Å². The van der Waals surface area contributed by atoms with Gasteiger partial charge in [-0.05, 0) is 85.7 Å². The molecule has 0 fully saturated rings. The highest BCUT2D eigenvalue weighted by molar-refractivity contribution is 7.98. The fourth-order valence-corrected chi connectivity index (χ4v) is 5.76. The first-order chi connectivity index (χ1) is 28.6. The molecule has 1 aliphatic rings. The molecule has 4 aromatic rings. The molecule has 1 amide bonds. The molecule has 1 aliphatic carbocycles. The van der Waals surface area contributed by atoms with E-state index in [0.29, 0.717) is 30.2 Å². The second kappa shape index (κ2) is 15.5. The number of benzene rings is 3. The van der Waals surface area contributed by atoms with Crippen LogP contribution in [0.15, 0.2) is 82.7 Å². The quantitative estimate of drug-likeness (QED) is 0.0813. The summed E-state index contributed by atoms with van der Waals surface area (Å²) in [6, 6.07) is 2.32. The third-order valence-corrected chi connectivity index (χ3v) is 8.38. The second-order valence-electron chi connectivity index (χ2n) is 10.4. The van der Waals surface area contributed by atoms with Crippen molar-refractivity contribution in [3.63, 3.8) is 0 Å². The van der Waals surface area contributed by atoms with Crippen LogP contribution in [0.3, 0.4) is 0 Å². The highest BCUT2D eigenvalue weighted by atomic mass is 32.2. The number of hydrogen-bond donors (Lipinski definition) is 0. The molecule has 0 radical (unpaired) electrons. The molecule has 0 spiro atoms. The molecule has 0 saturated heterocycles. The van der Waals surface area contributed by atoms with Gasteiger partial charge in [0.15, 0.2) is 5.16 Å². The number of fused-ring (bicyclic) bond motifs is 1. The molecule has 48 heavy (non-hydrogen) atoms. The van der Waals surface area contributed by atoms with Crippen molar-refractivity contribution < 1.29 is 42.9 Å². The number of aromatic nitrogens is 2. The smallest absolute Gasteiger partial charge is 0.333 e. The number of hydrogen-bond acceptors (Lipinski definition) is 5. The zero-order chi connectivity index (χ0) is 47.8. The van der Waals surface area contributed by atoms with Crippen LogP contribution in [0.4, 0.5) is 17.6 Å². The van der Waals surface area contributed by atoms with Gasteiger partial charge in [-0.3, -0.25) is 9.59 Å². The molecule has 1 atom stereocenters. The lowest BCUT2D eigenvalue weighted by Gasteiger charge is -2.33. The van der Waals surface area contributed by atoms with Crippen molar-refractivity contribution in [3.05, 3.63) is 117 Å². The van der Waals surface area contributed by atoms with E-state index in [0.717, 1.165) is 43.3 Å². The van der Waals surface area contributed by atoms with Gasteiger partial charge in [-0.2, -0.15) is 18.2 Å². The zero-order valence-corrected chi connectivity index (χ0v) is 26.8. The number of alkyl halides is 3. The van der Waals surface area contributed by atoms with Gasteiger partial charge in [0, 0.05) is 38.2 Å². The topological polar surface area (TPSA) is 58.4 Å².